The van der Waals surface area contributed by atoms with E-state index in [2.05, 4.69) is 10.4 Å². The Labute approximate surface area is 146 Å². The lowest BCUT2D eigenvalue weighted by molar-refractivity contribution is 0.0991. The molecule has 3 aromatic rings. The first-order chi connectivity index (χ1) is 12.0. The van der Waals surface area contributed by atoms with Crippen LogP contribution in [0.1, 0.15) is 34.5 Å². The van der Waals surface area contributed by atoms with E-state index >= 15 is 0 Å². The van der Waals surface area contributed by atoms with Crippen molar-refractivity contribution < 1.29 is 13.9 Å². The van der Waals surface area contributed by atoms with Crippen LogP contribution in [0, 0.1) is 13.8 Å². The molecule has 3 rings (SSSR count). The number of nitrogens with one attached hydrogen (secondary N) is 1. The number of amides is 1. The highest BCUT2D eigenvalue weighted by molar-refractivity contribution is 6.01. The topological polar surface area (TPSA) is 69.3 Å². The molecule has 0 aliphatic rings. The number of carbonyl (C=O) groups is 1. The Kier molecular flexibility index (Phi) is 4.88. The third kappa shape index (κ3) is 4.09. The first kappa shape index (κ1) is 16.8. The standard InChI is InChI=1S/C19H21N3O3/c1-4-22-18(11-14(3)21-22)20-19(23)17-9-8-16(25-17)12-24-15-7-5-6-13(2)10-15/h5-11H,4,12H2,1-3H3,(H,20,23). The average molecular weight is 339 g/mol. The number of rotatable bonds is 6. The average Bonchev–Trinajstić information content (AvgIpc) is 3.19. The van der Waals surface area contributed by atoms with Gasteiger partial charge in [-0.05, 0) is 50.6 Å². The van der Waals surface area contributed by atoms with Gasteiger partial charge in [-0.15, -0.1) is 0 Å². The molecular weight excluding hydrogens is 318 g/mol. The van der Waals surface area contributed by atoms with Crippen LogP contribution in [0.4, 0.5) is 5.82 Å². The number of hydrogen-bond acceptors (Lipinski definition) is 4. The summed E-state index contributed by atoms with van der Waals surface area (Å²) in [5.41, 5.74) is 1.98. The molecule has 2 aromatic heterocycles. The Balaban J connectivity index is 1.63. The maximum atomic E-state index is 12.3. The first-order valence-electron chi connectivity index (χ1n) is 8.19. The summed E-state index contributed by atoms with van der Waals surface area (Å²) in [5.74, 6) is 1.94. The van der Waals surface area contributed by atoms with E-state index in [1.807, 2.05) is 51.1 Å². The molecule has 0 unspecified atom stereocenters. The van der Waals surface area contributed by atoms with Gasteiger partial charge in [0.2, 0.25) is 0 Å². The van der Waals surface area contributed by atoms with Gasteiger partial charge in [-0.2, -0.15) is 5.10 Å². The largest absolute Gasteiger partial charge is 0.486 e. The summed E-state index contributed by atoms with van der Waals surface area (Å²) >= 11 is 0. The predicted molar refractivity (Wildman–Crippen MR) is 94.8 cm³/mol. The molecule has 0 spiro atoms. The van der Waals surface area contributed by atoms with Gasteiger partial charge in [-0.1, -0.05) is 12.1 Å². The van der Waals surface area contributed by atoms with Gasteiger partial charge in [-0.25, -0.2) is 4.68 Å². The van der Waals surface area contributed by atoms with Crippen molar-refractivity contribution in [1.29, 1.82) is 0 Å². The van der Waals surface area contributed by atoms with Crippen molar-refractivity contribution in [2.45, 2.75) is 33.9 Å². The van der Waals surface area contributed by atoms with Crippen LogP contribution in [0.15, 0.2) is 46.9 Å². The zero-order chi connectivity index (χ0) is 17.8. The second-order valence-electron chi connectivity index (χ2n) is 5.81. The molecule has 0 fully saturated rings. The summed E-state index contributed by atoms with van der Waals surface area (Å²) in [6, 6.07) is 13.0. The van der Waals surface area contributed by atoms with E-state index in [-0.39, 0.29) is 18.3 Å². The SMILES string of the molecule is CCn1nc(C)cc1NC(=O)c1ccc(COc2cccc(C)c2)o1. The van der Waals surface area contributed by atoms with Crippen molar-refractivity contribution in [2.24, 2.45) is 0 Å². The summed E-state index contributed by atoms with van der Waals surface area (Å²) in [6.45, 7) is 6.80. The quantitative estimate of drug-likeness (QED) is 0.738. The Hall–Kier alpha value is -3.02. The Morgan fingerprint density at radius 2 is 2.08 bits per heavy atom. The maximum Gasteiger partial charge on any atom is 0.292 e. The van der Waals surface area contributed by atoms with E-state index in [1.165, 1.54) is 0 Å². The fourth-order valence-electron chi connectivity index (χ4n) is 2.50. The zero-order valence-corrected chi connectivity index (χ0v) is 14.6. The number of anilines is 1. The number of ether oxygens (including phenoxy) is 1. The highest BCUT2D eigenvalue weighted by atomic mass is 16.5. The number of carbonyl (C=O) groups excluding carboxylic acids is 1. The van der Waals surface area contributed by atoms with Gasteiger partial charge in [-0.3, -0.25) is 4.79 Å². The third-order valence-corrected chi connectivity index (χ3v) is 3.70. The van der Waals surface area contributed by atoms with E-state index in [1.54, 1.807) is 16.8 Å². The van der Waals surface area contributed by atoms with Crippen molar-refractivity contribution >= 4 is 11.7 Å². The van der Waals surface area contributed by atoms with Crippen molar-refractivity contribution in [2.75, 3.05) is 5.32 Å². The van der Waals surface area contributed by atoms with Crippen LogP contribution < -0.4 is 10.1 Å². The van der Waals surface area contributed by atoms with Gasteiger partial charge in [0.25, 0.3) is 5.91 Å². The number of hydrogen-bond donors (Lipinski definition) is 1. The van der Waals surface area contributed by atoms with Gasteiger partial charge < -0.3 is 14.5 Å². The van der Waals surface area contributed by atoms with Crippen LogP contribution in [0.2, 0.25) is 0 Å². The van der Waals surface area contributed by atoms with Crippen LogP contribution in [-0.4, -0.2) is 15.7 Å². The summed E-state index contributed by atoms with van der Waals surface area (Å²) < 4.78 is 13.0. The Bertz CT molecular complexity index is 880. The number of aryl methyl sites for hydroxylation is 3. The smallest absolute Gasteiger partial charge is 0.292 e. The molecular formula is C19H21N3O3. The molecule has 2 heterocycles. The molecule has 1 amide bonds. The summed E-state index contributed by atoms with van der Waals surface area (Å²) in [7, 11) is 0. The lowest BCUT2D eigenvalue weighted by Gasteiger charge is -2.06. The minimum atomic E-state index is -0.309. The minimum Gasteiger partial charge on any atom is -0.486 e. The predicted octanol–water partition coefficient (Wildman–Crippen LogP) is 3.94. The van der Waals surface area contributed by atoms with Crippen LogP contribution in [-0.2, 0) is 13.2 Å². The number of aromatic nitrogens is 2. The van der Waals surface area contributed by atoms with E-state index in [9.17, 15) is 4.79 Å². The monoisotopic (exact) mass is 339 g/mol. The van der Waals surface area contributed by atoms with Crippen LogP contribution in [0.3, 0.4) is 0 Å². The van der Waals surface area contributed by atoms with Gasteiger partial charge in [0.1, 0.15) is 23.9 Å². The summed E-state index contributed by atoms with van der Waals surface area (Å²) in [5, 5.41) is 7.12. The fraction of sp³-hybridized carbons (Fsp3) is 0.263. The second kappa shape index (κ2) is 7.25. The Morgan fingerprint density at radius 1 is 1.24 bits per heavy atom. The lowest BCUT2D eigenvalue weighted by atomic mass is 10.2. The van der Waals surface area contributed by atoms with Gasteiger partial charge in [0.05, 0.1) is 5.69 Å². The van der Waals surface area contributed by atoms with Crippen LogP contribution >= 0.6 is 0 Å². The third-order valence-electron chi connectivity index (χ3n) is 3.70. The van der Waals surface area contributed by atoms with Crippen molar-refractivity contribution in [3.05, 3.63) is 65.2 Å². The number of nitrogens with zero attached hydrogens (tertiary/aromatic N) is 2. The van der Waals surface area contributed by atoms with Crippen LogP contribution in [0.5, 0.6) is 5.75 Å². The highest BCUT2D eigenvalue weighted by Crippen LogP contribution is 2.17. The van der Waals surface area contributed by atoms with E-state index < -0.39 is 0 Å². The van der Waals surface area contributed by atoms with Gasteiger partial charge in [0, 0.05) is 12.6 Å². The molecule has 0 bridgehead atoms. The van der Waals surface area contributed by atoms with E-state index in [0.717, 1.165) is 17.0 Å². The molecule has 0 aliphatic heterocycles. The maximum absolute atomic E-state index is 12.3. The number of benzene rings is 1. The fourth-order valence-corrected chi connectivity index (χ4v) is 2.50. The van der Waals surface area contributed by atoms with Gasteiger partial charge >= 0.3 is 0 Å². The van der Waals surface area contributed by atoms with Crippen molar-refractivity contribution in [3.63, 3.8) is 0 Å². The molecule has 0 aliphatic carbocycles. The first-order valence-corrected chi connectivity index (χ1v) is 8.19. The van der Waals surface area contributed by atoms with Crippen LogP contribution in [0.25, 0.3) is 0 Å². The van der Waals surface area contributed by atoms with Crippen molar-refractivity contribution in [3.8, 4) is 5.75 Å². The minimum absolute atomic E-state index is 0.240. The Morgan fingerprint density at radius 3 is 2.84 bits per heavy atom. The molecule has 0 saturated carbocycles. The molecule has 0 radical (unpaired) electrons. The molecule has 0 atom stereocenters. The van der Waals surface area contributed by atoms with E-state index in [0.29, 0.717) is 18.1 Å². The molecule has 1 N–H and O–H groups in total. The van der Waals surface area contributed by atoms with Crippen molar-refractivity contribution in [1.82, 2.24) is 9.78 Å². The summed E-state index contributed by atoms with van der Waals surface area (Å²) in [4.78, 5) is 12.3. The highest BCUT2D eigenvalue weighted by Gasteiger charge is 2.14. The molecule has 6 heteroatoms. The molecule has 0 saturated heterocycles. The molecule has 6 nitrogen and oxygen atoms in total. The second-order valence-corrected chi connectivity index (χ2v) is 5.81. The lowest BCUT2D eigenvalue weighted by Crippen LogP contribution is -2.14. The molecule has 1 aromatic carbocycles. The van der Waals surface area contributed by atoms with Gasteiger partial charge in [0.15, 0.2) is 5.76 Å². The zero-order valence-electron chi connectivity index (χ0n) is 14.6. The van der Waals surface area contributed by atoms with E-state index in [4.69, 9.17) is 9.15 Å². The molecule has 25 heavy (non-hydrogen) atoms. The summed E-state index contributed by atoms with van der Waals surface area (Å²) in [6.07, 6.45) is 0. The molecule has 130 valence electrons. The normalized spacial score (nSPS) is 10.7. The number of furan rings is 1.